The lowest BCUT2D eigenvalue weighted by atomic mass is 9.86. The quantitative estimate of drug-likeness (QED) is 0.849. The molecule has 1 aromatic rings. The maximum absolute atomic E-state index is 5.95. The lowest BCUT2D eigenvalue weighted by molar-refractivity contribution is 0.339. The van der Waals surface area contributed by atoms with Gasteiger partial charge >= 0.3 is 0 Å². The van der Waals surface area contributed by atoms with E-state index in [1.165, 1.54) is 36.9 Å². The standard InChI is InChI=1S/C16H26N2/c1-12(2)15-5-3-4-6-16(15)18-11-13-7-9-14(17)10-8-13/h3-6,12-14,18H,7-11,17H2,1-2H3. The van der Waals surface area contributed by atoms with Gasteiger partial charge in [0.25, 0.3) is 0 Å². The molecule has 0 aromatic heterocycles. The summed E-state index contributed by atoms with van der Waals surface area (Å²) in [5.41, 5.74) is 8.68. The van der Waals surface area contributed by atoms with Crippen LogP contribution in [0.4, 0.5) is 5.69 Å². The van der Waals surface area contributed by atoms with Gasteiger partial charge in [0.05, 0.1) is 0 Å². The molecule has 1 aliphatic carbocycles. The molecule has 100 valence electrons. The van der Waals surface area contributed by atoms with Crippen LogP contribution in [0.2, 0.25) is 0 Å². The van der Waals surface area contributed by atoms with Gasteiger partial charge in [0, 0.05) is 18.3 Å². The molecule has 0 heterocycles. The molecule has 2 heteroatoms. The Hall–Kier alpha value is -1.02. The van der Waals surface area contributed by atoms with Crippen LogP contribution in [0.25, 0.3) is 0 Å². The van der Waals surface area contributed by atoms with E-state index in [0.29, 0.717) is 12.0 Å². The highest BCUT2D eigenvalue weighted by atomic mass is 14.9. The van der Waals surface area contributed by atoms with Crippen molar-refractivity contribution in [3.8, 4) is 0 Å². The van der Waals surface area contributed by atoms with E-state index in [1.807, 2.05) is 0 Å². The summed E-state index contributed by atoms with van der Waals surface area (Å²) in [6, 6.07) is 9.11. The van der Waals surface area contributed by atoms with Crippen LogP contribution >= 0.6 is 0 Å². The molecule has 0 saturated heterocycles. The van der Waals surface area contributed by atoms with Gasteiger partial charge in [-0.15, -0.1) is 0 Å². The predicted molar refractivity (Wildman–Crippen MR) is 79.0 cm³/mol. The highest BCUT2D eigenvalue weighted by molar-refractivity contribution is 5.52. The van der Waals surface area contributed by atoms with Gasteiger partial charge in [-0.3, -0.25) is 0 Å². The largest absolute Gasteiger partial charge is 0.385 e. The fraction of sp³-hybridized carbons (Fsp3) is 0.625. The third kappa shape index (κ3) is 3.49. The van der Waals surface area contributed by atoms with E-state index in [0.717, 1.165) is 12.5 Å². The number of nitrogens with one attached hydrogen (secondary N) is 1. The second kappa shape index (κ2) is 6.24. The van der Waals surface area contributed by atoms with Crippen molar-refractivity contribution in [2.45, 2.75) is 51.5 Å². The Kier molecular flexibility index (Phi) is 4.65. The van der Waals surface area contributed by atoms with E-state index in [1.54, 1.807) is 0 Å². The molecule has 1 aromatic carbocycles. The first-order chi connectivity index (χ1) is 8.66. The summed E-state index contributed by atoms with van der Waals surface area (Å²) in [6.45, 7) is 5.59. The van der Waals surface area contributed by atoms with Gasteiger partial charge in [-0.1, -0.05) is 32.0 Å². The second-order valence-electron chi connectivity index (χ2n) is 5.90. The number of anilines is 1. The maximum Gasteiger partial charge on any atom is 0.0375 e. The Bertz CT molecular complexity index is 365. The Morgan fingerprint density at radius 1 is 1.17 bits per heavy atom. The third-order valence-corrected chi connectivity index (χ3v) is 4.06. The van der Waals surface area contributed by atoms with Crippen LogP contribution < -0.4 is 11.1 Å². The summed E-state index contributed by atoms with van der Waals surface area (Å²) in [5, 5.41) is 3.64. The average molecular weight is 246 g/mol. The van der Waals surface area contributed by atoms with Crippen molar-refractivity contribution in [3.63, 3.8) is 0 Å². The van der Waals surface area contributed by atoms with Gasteiger partial charge in [0.1, 0.15) is 0 Å². The summed E-state index contributed by atoms with van der Waals surface area (Å²) >= 11 is 0. The highest BCUT2D eigenvalue weighted by Gasteiger charge is 2.18. The Morgan fingerprint density at radius 3 is 2.50 bits per heavy atom. The van der Waals surface area contributed by atoms with Crippen molar-refractivity contribution in [2.24, 2.45) is 11.7 Å². The molecule has 0 aliphatic heterocycles. The van der Waals surface area contributed by atoms with Gasteiger partial charge in [0.2, 0.25) is 0 Å². The van der Waals surface area contributed by atoms with Crippen LogP contribution in [0, 0.1) is 5.92 Å². The Balaban J connectivity index is 1.90. The van der Waals surface area contributed by atoms with E-state index < -0.39 is 0 Å². The number of benzene rings is 1. The minimum absolute atomic E-state index is 0.448. The molecule has 1 saturated carbocycles. The lowest BCUT2D eigenvalue weighted by Gasteiger charge is -2.27. The molecule has 3 N–H and O–H groups in total. The normalized spacial score (nSPS) is 24.2. The molecule has 1 aliphatic rings. The topological polar surface area (TPSA) is 38.0 Å². The minimum Gasteiger partial charge on any atom is -0.385 e. The zero-order chi connectivity index (χ0) is 13.0. The summed E-state index contributed by atoms with van der Waals surface area (Å²) in [7, 11) is 0. The van der Waals surface area contributed by atoms with Crippen molar-refractivity contribution in [2.75, 3.05) is 11.9 Å². The van der Waals surface area contributed by atoms with Crippen molar-refractivity contribution in [1.29, 1.82) is 0 Å². The fourth-order valence-electron chi connectivity index (χ4n) is 2.81. The van der Waals surface area contributed by atoms with Gasteiger partial charge in [-0.2, -0.15) is 0 Å². The Morgan fingerprint density at radius 2 is 1.83 bits per heavy atom. The van der Waals surface area contributed by atoms with Crippen LogP contribution in [-0.2, 0) is 0 Å². The molecule has 2 nitrogen and oxygen atoms in total. The smallest absolute Gasteiger partial charge is 0.0375 e. The molecule has 0 radical (unpaired) electrons. The van der Waals surface area contributed by atoms with E-state index >= 15 is 0 Å². The predicted octanol–water partition coefficient (Wildman–Crippen LogP) is 3.74. The van der Waals surface area contributed by atoms with Gasteiger partial charge < -0.3 is 11.1 Å². The Labute approximate surface area is 111 Å². The van der Waals surface area contributed by atoms with Crippen LogP contribution in [0.5, 0.6) is 0 Å². The van der Waals surface area contributed by atoms with E-state index in [4.69, 9.17) is 5.73 Å². The van der Waals surface area contributed by atoms with Crippen LogP contribution in [-0.4, -0.2) is 12.6 Å². The monoisotopic (exact) mass is 246 g/mol. The van der Waals surface area contributed by atoms with Gasteiger partial charge in [0.15, 0.2) is 0 Å². The van der Waals surface area contributed by atoms with Crippen molar-refractivity contribution in [3.05, 3.63) is 29.8 Å². The number of para-hydroxylation sites is 1. The van der Waals surface area contributed by atoms with Crippen LogP contribution in [0.1, 0.15) is 51.0 Å². The summed E-state index contributed by atoms with van der Waals surface area (Å²) in [4.78, 5) is 0. The number of hydrogen-bond acceptors (Lipinski definition) is 2. The first kappa shape index (κ1) is 13.4. The molecule has 18 heavy (non-hydrogen) atoms. The molecule has 0 bridgehead atoms. The number of hydrogen-bond donors (Lipinski definition) is 2. The maximum atomic E-state index is 5.95. The number of nitrogens with two attached hydrogens (primary N) is 1. The lowest BCUT2D eigenvalue weighted by Crippen LogP contribution is -2.29. The molecule has 0 atom stereocenters. The minimum atomic E-state index is 0.448. The number of rotatable bonds is 4. The summed E-state index contributed by atoms with van der Waals surface area (Å²) in [5.74, 6) is 1.37. The zero-order valence-corrected chi connectivity index (χ0v) is 11.7. The van der Waals surface area contributed by atoms with Gasteiger partial charge in [-0.25, -0.2) is 0 Å². The van der Waals surface area contributed by atoms with E-state index in [-0.39, 0.29) is 0 Å². The SMILES string of the molecule is CC(C)c1ccccc1NCC1CCC(N)CC1. The van der Waals surface area contributed by atoms with E-state index in [9.17, 15) is 0 Å². The van der Waals surface area contributed by atoms with Crippen molar-refractivity contribution >= 4 is 5.69 Å². The van der Waals surface area contributed by atoms with E-state index in [2.05, 4.69) is 43.4 Å². The third-order valence-electron chi connectivity index (χ3n) is 4.06. The summed E-state index contributed by atoms with van der Waals surface area (Å²) < 4.78 is 0. The molecule has 2 rings (SSSR count). The average Bonchev–Trinajstić information content (AvgIpc) is 2.38. The molecular weight excluding hydrogens is 220 g/mol. The van der Waals surface area contributed by atoms with Crippen LogP contribution in [0.15, 0.2) is 24.3 Å². The molecule has 0 unspecified atom stereocenters. The first-order valence-corrected chi connectivity index (χ1v) is 7.25. The molecular formula is C16H26N2. The molecule has 0 spiro atoms. The summed E-state index contributed by atoms with van der Waals surface area (Å²) in [6.07, 6.45) is 4.94. The molecule has 1 fully saturated rings. The fourth-order valence-corrected chi connectivity index (χ4v) is 2.81. The second-order valence-corrected chi connectivity index (χ2v) is 5.90. The highest BCUT2D eigenvalue weighted by Crippen LogP contribution is 2.26. The zero-order valence-electron chi connectivity index (χ0n) is 11.7. The van der Waals surface area contributed by atoms with Crippen molar-refractivity contribution < 1.29 is 0 Å². The molecule has 0 amide bonds. The van der Waals surface area contributed by atoms with Crippen molar-refractivity contribution in [1.82, 2.24) is 0 Å². The van der Waals surface area contributed by atoms with Crippen LogP contribution in [0.3, 0.4) is 0 Å². The first-order valence-electron chi connectivity index (χ1n) is 7.25. The van der Waals surface area contributed by atoms with Gasteiger partial charge in [-0.05, 0) is 49.1 Å².